The van der Waals surface area contributed by atoms with E-state index in [-0.39, 0.29) is 5.72 Å². The number of nitrogens with zero attached hydrogens (tertiary/aromatic N) is 2. The van der Waals surface area contributed by atoms with E-state index in [1.807, 2.05) is 0 Å². The molecule has 0 bridgehead atoms. The maximum atomic E-state index is 5.97. The molecule has 2 heterocycles. The smallest absolute Gasteiger partial charge is 0.213 e. The normalized spacial score (nSPS) is 25.1. The summed E-state index contributed by atoms with van der Waals surface area (Å²) in [7, 11) is 33.3. The molecule has 1 unspecified atom stereocenters. The van der Waals surface area contributed by atoms with E-state index in [1.54, 1.807) is 0 Å². The van der Waals surface area contributed by atoms with Crippen LogP contribution in [0.4, 0.5) is 0 Å². The SMILES string of the molecule is [B][B]C(B([B])[B])(B([B])[B])C1B(C)B1N1C=CN(C)[C@@H]1C. The van der Waals surface area contributed by atoms with E-state index in [0.29, 0.717) is 19.5 Å². The average Bonchev–Trinajstić information content (AvgIpc) is 2.90. The predicted octanol–water partition coefficient (Wildman–Crippen LogP) is -2.16. The summed E-state index contributed by atoms with van der Waals surface area (Å²) in [5.41, 5.74) is 0.158. The van der Waals surface area contributed by atoms with Crippen LogP contribution in [-0.2, 0) is 0 Å². The molecule has 2 nitrogen and oxygen atoms in total. The van der Waals surface area contributed by atoms with Crippen molar-refractivity contribution in [1.29, 1.82) is 0 Å². The predicted molar refractivity (Wildman–Crippen MR) is 98.1 cm³/mol. The molecule has 20 heavy (non-hydrogen) atoms. The molecular weight excluding hydrogens is 232 g/mol. The molecule has 1 fully saturated rings. The van der Waals surface area contributed by atoms with Crippen LogP contribution in [0, 0.1) is 0 Å². The Bertz CT molecular complexity index is 381. The van der Waals surface area contributed by atoms with Gasteiger partial charge in [-0.05, 0) is 6.92 Å². The molecule has 0 N–H and O–H groups in total. The molecule has 2 rings (SSSR count). The first-order valence-electron chi connectivity index (χ1n) is 7.05. The Morgan fingerprint density at radius 2 is 1.75 bits per heavy atom. The Morgan fingerprint density at radius 3 is 2.10 bits per heavy atom. The monoisotopic (exact) mass is 247 g/mol. The van der Waals surface area contributed by atoms with Gasteiger partial charge in [-0.3, -0.25) is 0 Å². The Morgan fingerprint density at radius 1 is 1.20 bits per heavy atom. The molecule has 2 atom stereocenters. The Labute approximate surface area is 132 Å². The quantitative estimate of drug-likeness (QED) is 0.509. The zero-order valence-corrected chi connectivity index (χ0v) is 12.5. The van der Waals surface area contributed by atoms with Crippen molar-refractivity contribution in [3.05, 3.63) is 12.4 Å². The van der Waals surface area contributed by atoms with E-state index >= 15 is 0 Å². The molecule has 85 valence electrons. The van der Waals surface area contributed by atoms with Crippen LogP contribution in [0.15, 0.2) is 12.4 Å². The van der Waals surface area contributed by atoms with Gasteiger partial charge in [0.2, 0.25) is 6.74 Å². The first kappa shape index (κ1) is 16.4. The molecule has 0 aliphatic carbocycles. The molecule has 0 saturated carbocycles. The van der Waals surface area contributed by atoms with Crippen LogP contribution in [0.3, 0.4) is 0 Å². The summed E-state index contributed by atoms with van der Waals surface area (Å²) >= 11 is 0. The second kappa shape index (κ2) is 5.65. The molecule has 0 aromatic heterocycles. The minimum absolute atomic E-state index is 0.158. The van der Waals surface area contributed by atoms with E-state index < -0.39 is 18.1 Å². The molecular formula is C8H13B10N2. The second-order valence-electron chi connectivity index (χ2n) is 6.14. The van der Waals surface area contributed by atoms with Crippen LogP contribution in [0.1, 0.15) is 6.92 Å². The molecule has 2 aliphatic heterocycles. The van der Waals surface area contributed by atoms with Gasteiger partial charge in [0.05, 0.1) is 6.17 Å². The topological polar surface area (TPSA) is 6.48 Å². The van der Waals surface area contributed by atoms with Gasteiger partial charge in [-0.25, -0.2) is 0 Å². The van der Waals surface area contributed by atoms with Crippen LogP contribution >= 0.6 is 0 Å². The van der Waals surface area contributed by atoms with Crippen molar-refractivity contribution >= 4 is 72.2 Å². The fourth-order valence-corrected chi connectivity index (χ4v) is 3.64. The van der Waals surface area contributed by atoms with Crippen molar-refractivity contribution in [2.24, 2.45) is 0 Å². The van der Waals surface area contributed by atoms with Crippen molar-refractivity contribution < 1.29 is 0 Å². The molecule has 0 aromatic carbocycles. The van der Waals surface area contributed by atoms with Crippen molar-refractivity contribution in [3.63, 3.8) is 0 Å². The van der Waals surface area contributed by atoms with Gasteiger partial charge >= 0.3 is 0 Å². The van der Waals surface area contributed by atoms with Gasteiger partial charge in [-0.1, -0.05) is 12.5 Å². The van der Waals surface area contributed by atoms with Crippen LogP contribution in [0.5, 0.6) is 0 Å². The lowest BCUT2D eigenvalue weighted by molar-refractivity contribution is 0.275. The lowest BCUT2D eigenvalue weighted by Crippen LogP contribution is -2.53. The highest BCUT2D eigenvalue weighted by Gasteiger charge is 2.65. The van der Waals surface area contributed by atoms with Gasteiger partial charge in [-0.15, -0.1) is 5.11 Å². The Hall–Kier alpha value is -0.0106. The fraction of sp³-hybridized carbons (Fsp3) is 0.750. The van der Waals surface area contributed by atoms with Crippen molar-refractivity contribution in [2.75, 3.05) is 7.05 Å². The maximum Gasteiger partial charge on any atom is 0.213 e. The highest BCUT2D eigenvalue weighted by atomic mass is 15.3. The summed E-state index contributed by atoms with van der Waals surface area (Å²) in [4.78, 5) is 4.46. The van der Waals surface area contributed by atoms with E-state index in [2.05, 4.69) is 42.9 Å². The molecule has 2 aliphatic rings. The van der Waals surface area contributed by atoms with Crippen LogP contribution in [0.2, 0.25) is 17.7 Å². The van der Waals surface area contributed by atoms with E-state index in [4.69, 9.17) is 38.7 Å². The summed E-state index contributed by atoms with van der Waals surface area (Å²) in [5.74, 6) is 0. The molecule has 1 saturated heterocycles. The standard InChI is InChI=1S/C8H13B10N2/c1-6-19(3)4-5-20(6)16-7(15(16)2)8(14-9,17(10)11)18(12)13/h4-7H,1-3H3/t6-,7?/m0/s1. The van der Waals surface area contributed by atoms with E-state index in [0.717, 1.165) is 0 Å². The molecule has 0 spiro atoms. The van der Waals surface area contributed by atoms with Gasteiger partial charge in [0.15, 0.2) is 0 Å². The fourth-order valence-electron chi connectivity index (χ4n) is 3.64. The van der Waals surface area contributed by atoms with Crippen LogP contribution in [-0.4, -0.2) is 95.1 Å². The maximum absolute atomic E-state index is 5.97. The van der Waals surface area contributed by atoms with Gasteiger partial charge < -0.3 is 9.71 Å². The zero-order chi connectivity index (χ0) is 15.2. The van der Waals surface area contributed by atoms with Crippen LogP contribution < -0.4 is 0 Å². The highest BCUT2D eigenvalue weighted by Crippen LogP contribution is 2.56. The first-order chi connectivity index (χ1) is 9.28. The second-order valence-corrected chi connectivity index (χ2v) is 6.14. The zero-order valence-electron chi connectivity index (χ0n) is 12.5. The minimum Gasteiger partial charge on any atom is -0.409 e. The van der Waals surface area contributed by atoms with Crippen molar-refractivity contribution in [2.45, 2.75) is 30.7 Å². The van der Waals surface area contributed by atoms with Crippen molar-refractivity contribution in [1.82, 2.24) is 9.71 Å². The van der Waals surface area contributed by atoms with Gasteiger partial charge in [0.1, 0.15) is 6.60 Å². The third-order valence-corrected chi connectivity index (χ3v) is 5.19. The summed E-state index contributed by atoms with van der Waals surface area (Å²) in [6, 6.07) is 0. The molecule has 12 heteroatoms. The lowest BCUT2D eigenvalue weighted by Gasteiger charge is -2.44. The lowest BCUT2D eigenvalue weighted by atomic mass is 8.84. The number of rotatable bonds is 5. The van der Waals surface area contributed by atoms with Crippen LogP contribution in [0.25, 0.3) is 0 Å². The van der Waals surface area contributed by atoms with Crippen molar-refractivity contribution in [3.8, 4) is 0 Å². The summed E-state index contributed by atoms with van der Waals surface area (Å²) < 4.78 is 0. The highest BCUT2D eigenvalue weighted by molar-refractivity contribution is 7.52. The minimum atomic E-state index is -0.751. The summed E-state index contributed by atoms with van der Waals surface area (Å²) in [6.07, 6.45) is 4.45. The van der Waals surface area contributed by atoms with Gasteiger partial charge in [0, 0.05) is 78.3 Å². The van der Waals surface area contributed by atoms with Gasteiger partial charge in [0.25, 0.3) is 0 Å². The number of hydrogen-bond acceptors (Lipinski definition) is 2. The first-order valence-corrected chi connectivity index (χ1v) is 7.05. The summed E-state index contributed by atoms with van der Waals surface area (Å²) in [5, 5.41) is -0.751. The molecule has 0 aromatic rings. The molecule has 0 amide bonds. The summed E-state index contributed by atoms with van der Waals surface area (Å²) in [6.45, 7) is 3.65. The average molecular weight is 245 g/mol. The third kappa shape index (κ3) is 2.25. The Kier molecular flexibility index (Phi) is 4.62. The number of hydrogen-bond donors (Lipinski definition) is 0. The largest absolute Gasteiger partial charge is 0.409 e. The van der Waals surface area contributed by atoms with E-state index in [1.165, 1.54) is 7.17 Å². The third-order valence-electron chi connectivity index (χ3n) is 5.19. The Balaban J connectivity index is 2.23. The van der Waals surface area contributed by atoms with Gasteiger partial charge in [-0.2, -0.15) is 0 Å². The molecule has 11 radical (unpaired) electrons. The van der Waals surface area contributed by atoms with E-state index in [9.17, 15) is 0 Å².